The topological polar surface area (TPSA) is 79.5 Å². The van der Waals surface area contributed by atoms with Crippen LogP contribution in [0.1, 0.15) is 5.56 Å². The number of rotatable bonds is 7. The molecule has 0 spiro atoms. The monoisotopic (exact) mass is 592 g/mol. The van der Waals surface area contributed by atoms with Gasteiger partial charge < -0.3 is 15.3 Å². The maximum Gasteiger partial charge on any atom is 0.164 e. The minimum absolute atomic E-state index is 0.595. The average Bonchev–Trinajstić information content (AvgIpc) is 3.48. The van der Waals surface area contributed by atoms with Crippen molar-refractivity contribution < 1.29 is 0 Å². The highest BCUT2D eigenvalue weighted by Gasteiger charge is 2.19. The van der Waals surface area contributed by atoms with Gasteiger partial charge in [0.1, 0.15) is 0 Å². The Morgan fingerprint density at radius 1 is 0.522 bits per heavy atom. The van der Waals surface area contributed by atoms with Crippen LogP contribution in [0.25, 0.3) is 61.7 Å². The van der Waals surface area contributed by atoms with Crippen LogP contribution in [-0.4, -0.2) is 25.7 Å². The van der Waals surface area contributed by atoms with Gasteiger partial charge in [-0.2, -0.15) is 0 Å². The first-order chi connectivity index (χ1) is 22.8. The summed E-state index contributed by atoms with van der Waals surface area (Å²) in [6.45, 7) is 0. The number of aromatic nitrogens is 4. The molecule has 0 radical (unpaired) electrons. The fourth-order valence-corrected chi connectivity index (χ4v) is 5.98. The molecule has 2 aromatic heterocycles. The maximum atomic E-state index is 8.27. The molecule has 0 saturated heterocycles. The van der Waals surface area contributed by atoms with Crippen LogP contribution in [0, 0.1) is 5.41 Å². The molecule has 0 bridgehead atoms. The third-order valence-electron chi connectivity index (χ3n) is 8.13. The fourth-order valence-electron chi connectivity index (χ4n) is 5.98. The lowest BCUT2D eigenvalue weighted by molar-refractivity contribution is 1.07. The Morgan fingerprint density at radius 3 is 1.74 bits per heavy atom. The summed E-state index contributed by atoms with van der Waals surface area (Å²) in [6, 6.07) is 51.0. The van der Waals surface area contributed by atoms with E-state index in [1.807, 2.05) is 109 Å². The summed E-state index contributed by atoms with van der Waals surface area (Å²) < 4.78 is 2.27. The molecule has 218 valence electrons. The van der Waals surface area contributed by atoms with E-state index < -0.39 is 0 Å². The summed E-state index contributed by atoms with van der Waals surface area (Å²) in [5.41, 5.74) is 8.39. The van der Waals surface area contributed by atoms with E-state index in [2.05, 4.69) is 52.3 Å². The Morgan fingerprint density at radius 2 is 1.09 bits per heavy atom. The van der Waals surface area contributed by atoms with E-state index in [-0.39, 0.29) is 0 Å². The van der Waals surface area contributed by atoms with Crippen LogP contribution in [-0.2, 0) is 0 Å². The second kappa shape index (κ2) is 11.6. The number of benzene rings is 6. The number of hydrogen-bond donors (Lipinski definition) is 2. The molecule has 6 heteroatoms. The molecular weight excluding hydrogens is 564 g/mol. The van der Waals surface area contributed by atoms with Gasteiger partial charge in [0, 0.05) is 50.6 Å². The molecular formula is C40H28N6. The van der Waals surface area contributed by atoms with Crippen LogP contribution in [0.3, 0.4) is 0 Å². The van der Waals surface area contributed by atoms with Crippen molar-refractivity contribution in [2.75, 3.05) is 5.32 Å². The third kappa shape index (κ3) is 4.88. The van der Waals surface area contributed by atoms with Crippen molar-refractivity contribution in [3.8, 4) is 39.9 Å². The van der Waals surface area contributed by atoms with E-state index in [4.69, 9.17) is 20.4 Å². The molecule has 0 unspecified atom stereocenters. The lowest BCUT2D eigenvalue weighted by Crippen LogP contribution is -2.02. The largest absolute Gasteiger partial charge is 0.353 e. The Bertz CT molecular complexity index is 2290. The van der Waals surface area contributed by atoms with E-state index in [9.17, 15) is 0 Å². The maximum absolute atomic E-state index is 8.27. The van der Waals surface area contributed by atoms with Crippen molar-refractivity contribution in [3.05, 3.63) is 157 Å². The van der Waals surface area contributed by atoms with Crippen LogP contribution in [0.15, 0.2) is 152 Å². The molecule has 6 aromatic carbocycles. The first kappa shape index (κ1) is 27.2. The van der Waals surface area contributed by atoms with Crippen LogP contribution in [0.2, 0.25) is 0 Å². The number of fused-ring (bicyclic) bond motifs is 3. The van der Waals surface area contributed by atoms with Gasteiger partial charge in [-0.1, -0.05) is 121 Å². The van der Waals surface area contributed by atoms with E-state index in [1.54, 1.807) is 0 Å². The van der Waals surface area contributed by atoms with E-state index in [0.717, 1.165) is 61.1 Å². The average molecular weight is 593 g/mol. The zero-order valence-corrected chi connectivity index (χ0v) is 24.8. The van der Waals surface area contributed by atoms with Crippen LogP contribution in [0.5, 0.6) is 0 Å². The molecule has 0 fully saturated rings. The standard InChI is InChI=1S/C40H28N6/c41-26-30-23-24-34-33-21-10-11-22-35(33)46(37(34)36(30)42-31-18-8-3-9-19-31)32-20-12-17-29(25-32)40-44-38(27-13-4-1-5-14-27)43-39(45-40)28-15-6-2-7-16-28/h1-26,41-42H. The van der Waals surface area contributed by atoms with Crippen LogP contribution in [0.4, 0.5) is 11.4 Å². The zero-order valence-electron chi connectivity index (χ0n) is 24.8. The van der Waals surface area contributed by atoms with Crippen molar-refractivity contribution >= 4 is 39.4 Å². The van der Waals surface area contributed by atoms with Gasteiger partial charge in [0.2, 0.25) is 0 Å². The van der Waals surface area contributed by atoms with Gasteiger partial charge in [0.15, 0.2) is 17.5 Å². The molecule has 0 amide bonds. The molecule has 0 aliphatic rings. The minimum Gasteiger partial charge on any atom is -0.353 e. The SMILES string of the molecule is N=Cc1ccc2c3ccccc3n(-c3cccc(-c4nc(-c5ccccc5)nc(-c5ccccc5)n4)c3)c2c1Nc1ccccc1. The van der Waals surface area contributed by atoms with Gasteiger partial charge in [-0.05, 0) is 30.3 Å². The summed E-state index contributed by atoms with van der Waals surface area (Å²) in [7, 11) is 0. The molecule has 2 heterocycles. The van der Waals surface area contributed by atoms with Gasteiger partial charge in [-0.25, -0.2) is 15.0 Å². The number of hydrogen-bond acceptors (Lipinski definition) is 5. The van der Waals surface area contributed by atoms with Crippen LogP contribution >= 0.6 is 0 Å². The lowest BCUT2D eigenvalue weighted by atomic mass is 10.1. The Balaban J connectivity index is 1.36. The highest BCUT2D eigenvalue weighted by atomic mass is 15.0. The molecule has 2 N–H and O–H groups in total. The molecule has 0 aliphatic heterocycles. The summed E-state index contributed by atoms with van der Waals surface area (Å²) >= 11 is 0. The highest BCUT2D eigenvalue weighted by Crippen LogP contribution is 2.39. The number of nitrogens with zero attached hydrogens (tertiary/aromatic N) is 4. The second-order valence-corrected chi connectivity index (χ2v) is 11.0. The summed E-state index contributed by atoms with van der Waals surface area (Å²) in [4.78, 5) is 14.8. The quantitative estimate of drug-likeness (QED) is 0.181. The molecule has 8 rings (SSSR count). The smallest absolute Gasteiger partial charge is 0.164 e. The zero-order chi connectivity index (χ0) is 30.9. The number of nitrogens with one attached hydrogen (secondary N) is 2. The fraction of sp³-hybridized carbons (Fsp3) is 0. The Hall–Kier alpha value is -6.40. The van der Waals surface area contributed by atoms with Crippen LogP contribution < -0.4 is 5.32 Å². The summed E-state index contributed by atoms with van der Waals surface area (Å²) in [5, 5.41) is 14.1. The third-order valence-corrected chi connectivity index (χ3v) is 8.13. The van der Waals surface area contributed by atoms with Gasteiger partial charge in [0.05, 0.1) is 16.7 Å². The Labute approximate surface area is 266 Å². The first-order valence-electron chi connectivity index (χ1n) is 15.1. The molecule has 8 aromatic rings. The number of para-hydroxylation sites is 2. The molecule has 0 aliphatic carbocycles. The van der Waals surface area contributed by atoms with Gasteiger partial charge in [0.25, 0.3) is 0 Å². The highest BCUT2D eigenvalue weighted by molar-refractivity contribution is 6.16. The van der Waals surface area contributed by atoms with Crippen molar-refractivity contribution in [1.29, 1.82) is 5.41 Å². The van der Waals surface area contributed by atoms with Crippen molar-refractivity contribution in [2.45, 2.75) is 0 Å². The predicted octanol–water partition coefficient (Wildman–Crippen LogP) is 9.71. The van der Waals surface area contributed by atoms with Crippen molar-refractivity contribution in [3.63, 3.8) is 0 Å². The molecule has 6 nitrogen and oxygen atoms in total. The summed E-state index contributed by atoms with van der Waals surface area (Å²) in [5.74, 6) is 1.84. The van der Waals surface area contributed by atoms with E-state index in [1.165, 1.54) is 6.21 Å². The van der Waals surface area contributed by atoms with Gasteiger partial charge >= 0.3 is 0 Å². The first-order valence-corrected chi connectivity index (χ1v) is 15.1. The van der Waals surface area contributed by atoms with Crippen molar-refractivity contribution in [1.82, 2.24) is 19.5 Å². The molecule has 0 saturated carbocycles. The van der Waals surface area contributed by atoms with E-state index >= 15 is 0 Å². The normalized spacial score (nSPS) is 11.1. The predicted molar refractivity (Wildman–Crippen MR) is 188 cm³/mol. The van der Waals surface area contributed by atoms with E-state index in [0.29, 0.717) is 17.5 Å². The van der Waals surface area contributed by atoms with Crippen molar-refractivity contribution in [2.24, 2.45) is 0 Å². The second-order valence-electron chi connectivity index (χ2n) is 11.0. The summed E-state index contributed by atoms with van der Waals surface area (Å²) in [6.07, 6.45) is 1.41. The Kier molecular flexibility index (Phi) is 6.85. The van der Waals surface area contributed by atoms with Gasteiger partial charge in [-0.15, -0.1) is 0 Å². The minimum atomic E-state index is 0.595. The number of anilines is 2. The lowest BCUT2D eigenvalue weighted by Gasteiger charge is -2.16. The van der Waals surface area contributed by atoms with Gasteiger partial charge in [-0.3, -0.25) is 0 Å². The molecule has 0 atom stereocenters. The molecule has 46 heavy (non-hydrogen) atoms.